The van der Waals surface area contributed by atoms with Gasteiger partial charge in [-0.3, -0.25) is 0 Å². The standard InChI is InChI=1S/C28H16/c1-3-10-20-18(8-1)16-25-27-22(20)13-6-14-24(27)23-12-5-9-19-15-17-7-2-4-11-21(17)28(25)26(19)23/h1-16H. The Morgan fingerprint density at radius 2 is 0.821 bits per heavy atom. The van der Waals surface area contributed by atoms with Crippen LogP contribution in [0.25, 0.3) is 64.6 Å². The topological polar surface area (TPSA) is 0 Å². The van der Waals surface area contributed by atoms with Crippen LogP contribution in [0, 0.1) is 0 Å². The van der Waals surface area contributed by atoms with Crippen LogP contribution in [0.3, 0.4) is 0 Å². The first-order valence-corrected chi connectivity index (χ1v) is 9.80. The molecule has 7 aromatic rings. The monoisotopic (exact) mass is 352 g/mol. The summed E-state index contributed by atoms with van der Waals surface area (Å²) in [5.41, 5.74) is 0. The second-order valence-corrected chi connectivity index (χ2v) is 7.75. The van der Waals surface area contributed by atoms with E-state index in [9.17, 15) is 0 Å². The molecule has 0 heterocycles. The van der Waals surface area contributed by atoms with Crippen LogP contribution in [0.5, 0.6) is 0 Å². The Kier molecular flexibility index (Phi) is 2.57. The van der Waals surface area contributed by atoms with Crippen molar-refractivity contribution in [1.29, 1.82) is 0 Å². The molecule has 7 aromatic carbocycles. The van der Waals surface area contributed by atoms with E-state index in [4.69, 9.17) is 0 Å². The highest BCUT2D eigenvalue weighted by Crippen LogP contribution is 2.45. The van der Waals surface area contributed by atoms with E-state index in [2.05, 4.69) is 97.1 Å². The number of rotatable bonds is 0. The lowest BCUT2D eigenvalue weighted by Gasteiger charge is -2.17. The zero-order chi connectivity index (χ0) is 18.2. The Hall–Kier alpha value is -3.64. The Balaban J connectivity index is 1.97. The molecule has 0 heteroatoms. The van der Waals surface area contributed by atoms with Crippen molar-refractivity contribution in [3.8, 4) is 0 Å². The Morgan fingerprint density at radius 3 is 1.64 bits per heavy atom. The van der Waals surface area contributed by atoms with E-state index in [0.29, 0.717) is 0 Å². The maximum absolute atomic E-state index is 2.40. The van der Waals surface area contributed by atoms with Crippen LogP contribution in [0.4, 0.5) is 0 Å². The van der Waals surface area contributed by atoms with Crippen LogP contribution in [0.15, 0.2) is 97.1 Å². The molecule has 0 radical (unpaired) electrons. The SMILES string of the molecule is c1ccc2c(c1)cc1c3c2cccc3c2cccc3cc4ccccc4c1c32. The van der Waals surface area contributed by atoms with Crippen LogP contribution in [0.2, 0.25) is 0 Å². The van der Waals surface area contributed by atoms with Crippen molar-refractivity contribution in [2.75, 3.05) is 0 Å². The molecule has 0 nitrogen and oxygen atoms in total. The van der Waals surface area contributed by atoms with Gasteiger partial charge in [0, 0.05) is 0 Å². The maximum Gasteiger partial charge on any atom is -0.00139 e. The largest absolute Gasteiger partial charge is 0.0616 e. The van der Waals surface area contributed by atoms with Gasteiger partial charge in [0.25, 0.3) is 0 Å². The summed E-state index contributed by atoms with van der Waals surface area (Å²) in [6, 6.07) is 35.8. The lowest BCUT2D eigenvalue weighted by atomic mass is 9.85. The first-order valence-electron chi connectivity index (χ1n) is 9.80. The van der Waals surface area contributed by atoms with Gasteiger partial charge in [-0.15, -0.1) is 0 Å². The molecule has 0 fully saturated rings. The predicted octanol–water partition coefficient (Wildman–Crippen LogP) is 8.04. The van der Waals surface area contributed by atoms with Crippen LogP contribution < -0.4 is 0 Å². The van der Waals surface area contributed by atoms with Gasteiger partial charge in [0.1, 0.15) is 0 Å². The Labute approximate surface area is 162 Å². The van der Waals surface area contributed by atoms with Crippen molar-refractivity contribution in [2.24, 2.45) is 0 Å². The summed E-state index contributed by atoms with van der Waals surface area (Å²) in [6.45, 7) is 0. The zero-order valence-corrected chi connectivity index (χ0v) is 15.2. The van der Waals surface area contributed by atoms with Crippen molar-refractivity contribution >= 4 is 64.6 Å². The molecule has 0 aliphatic rings. The molecule has 0 saturated heterocycles. The first-order chi connectivity index (χ1) is 13.9. The number of benzene rings is 7. The quantitative estimate of drug-likeness (QED) is 0.191. The minimum Gasteiger partial charge on any atom is -0.0616 e. The fourth-order valence-electron chi connectivity index (χ4n) is 5.21. The molecule has 0 aliphatic heterocycles. The molecular weight excluding hydrogens is 336 g/mol. The fraction of sp³-hybridized carbons (Fsp3) is 0. The van der Waals surface area contributed by atoms with Gasteiger partial charge in [-0.2, -0.15) is 0 Å². The molecule has 0 atom stereocenters. The highest BCUT2D eigenvalue weighted by molar-refractivity contribution is 6.40. The number of hydrogen-bond acceptors (Lipinski definition) is 0. The van der Waals surface area contributed by atoms with E-state index >= 15 is 0 Å². The highest BCUT2D eigenvalue weighted by atomic mass is 14.2. The molecule has 0 aromatic heterocycles. The van der Waals surface area contributed by atoms with E-state index in [1.54, 1.807) is 0 Å². The van der Waals surface area contributed by atoms with Crippen LogP contribution >= 0.6 is 0 Å². The summed E-state index contributed by atoms with van der Waals surface area (Å²) in [6.07, 6.45) is 0. The number of hydrogen-bond donors (Lipinski definition) is 0. The summed E-state index contributed by atoms with van der Waals surface area (Å²) in [5, 5.41) is 16.2. The molecule has 0 unspecified atom stereocenters. The average Bonchev–Trinajstić information content (AvgIpc) is 2.76. The van der Waals surface area contributed by atoms with Crippen LogP contribution in [-0.2, 0) is 0 Å². The van der Waals surface area contributed by atoms with Crippen LogP contribution in [-0.4, -0.2) is 0 Å². The van der Waals surface area contributed by atoms with E-state index in [1.165, 1.54) is 64.6 Å². The Bertz CT molecular complexity index is 1700. The van der Waals surface area contributed by atoms with Crippen molar-refractivity contribution in [3.05, 3.63) is 97.1 Å². The molecule has 7 rings (SSSR count). The molecule has 0 spiro atoms. The smallest absolute Gasteiger partial charge is 0.00139 e. The summed E-state index contributed by atoms with van der Waals surface area (Å²) >= 11 is 0. The lowest BCUT2D eigenvalue weighted by Crippen LogP contribution is -1.89. The van der Waals surface area contributed by atoms with Gasteiger partial charge >= 0.3 is 0 Å². The van der Waals surface area contributed by atoms with Crippen molar-refractivity contribution in [2.45, 2.75) is 0 Å². The van der Waals surface area contributed by atoms with Gasteiger partial charge < -0.3 is 0 Å². The maximum atomic E-state index is 2.40. The van der Waals surface area contributed by atoms with Gasteiger partial charge in [0.05, 0.1) is 0 Å². The summed E-state index contributed by atoms with van der Waals surface area (Å²) in [7, 11) is 0. The van der Waals surface area contributed by atoms with E-state index in [-0.39, 0.29) is 0 Å². The fourth-order valence-corrected chi connectivity index (χ4v) is 5.21. The van der Waals surface area contributed by atoms with Crippen molar-refractivity contribution in [1.82, 2.24) is 0 Å². The van der Waals surface area contributed by atoms with E-state index < -0.39 is 0 Å². The average molecular weight is 352 g/mol. The molecule has 0 amide bonds. The lowest BCUT2D eigenvalue weighted by molar-refractivity contribution is 1.79. The molecule has 0 bridgehead atoms. The Morgan fingerprint density at radius 1 is 0.286 bits per heavy atom. The minimum atomic E-state index is 1.31. The minimum absolute atomic E-state index is 1.31. The predicted molar refractivity (Wildman–Crippen MR) is 123 cm³/mol. The summed E-state index contributed by atoms with van der Waals surface area (Å²) in [4.78, 5) is 0. The molecule has 0 N–H and O–H groups in total. The van der Waals surface area contributed by atoms with E-state index in [1.807, 2.05) is 0 Å². The van der Waals surface area contributed by atoms with E-state index in [0.717, 1.165) is 0 Å². The van der Waals surface area contributed by atoms with Crippen molar-refractivity contribution < 1.29 is 0 Å². The second kappa shape index (κ2) is 4.99. The third kappa shape index (κ3) is 1.66. The molecule has 0 aliphatic carbocycles. The molecule has 128 valence electrons. The highest BCUT2D eigenvalue weighted by Gasteiger charge is 2.16. The molecule has 0 saturated carbocycles. The van der Waals surface area contributed by atoms with Gasteiger partial charge in [-0.1, -0.05) is 84.9 Å². The summed E-state index contributed by atoms with van der Waals surface area (Å²) in [5.74, 6) is 0. The first kappa shape index (κ1) is 14.4. The van der Waals surface area contributed by atoms with Gasteiger partial charge in [0.2, 0.25) is 0 Å². The third-order valence-electron chi connectivity index (χ3n) is 6.33. The summed E-state index contributed by atoms with van der Waals surface area (Å²) < 4.78 is 0. The van der Waals surface area contributed by atoms with Gasteiger partial charge in [0.15, 0.2) is 0 Å². The van der Waals surface area contributed by atoms with Gasteiger partial charge in [-0.05, 0) is 76.8 Å². The normalized spacial score (nSPS) is 12.3. The van der Waals surface area contributed by atoms with Crippen molar-refractivity contribution in [3.63, 3.8) is 0 Å². The molecular formula is C28H16. The van der Waals surface area contributed by atoms with Crippen LogP contribution in [0.1, 0.15) is 0 Å². The second-order valence-electron chi connectivity index (χ2n) is 7.75. The third-order valence-corrected chi connectivity index (χ3v) is 6.33. The van der Waals surface area contributed by atoms with Gasteiger partial charge in [-0.25, -0.2) is 0 Å². The zero-order valence-electron chi connectivity index (χ0n) is 15.2. The molecule has 28 heavy (non-hydrogen) atoms. The number of fused-ring (bicyclic) bond motifs is 6.